The Balaban J connectivity index is 3.07. The summed E-state index contributed by atoms with van der Waals surface area (Å²) in [5, 5.41) is 0. The van der Waals surface area contributed by atoms with Gasteiger partial charge in [-0.1, -0.05) is 39.5 Å². The molecule has 0 saturated carbocycles. The molecule has 11 heavy (non-hydrogen) atoms. The van der Waals surface area contributed by atoms with Crippen LogP contribution in [0.3, 0.4) is 0 Å². The Labute approximate surface area is 79.3 Å². The van der Waals surface area contributed by atoms with E-state index in [-0.39, 0.29) is 0 Å². The van der Waals surface area contributed by atoms with Crippen molar-refractivity contribution in [2.75, 3.05) is 0 Å². The van der Waals surface area contributed by atoms with Crippen molar-refractivity contribution >= 4 is 16.6 Å². The first-order chi connectivity index (χ1) is 5.35. The van der Waals surface area contributed by atoms with Crippen LogP contribution in [0.4, 0.5) is 0 Å². The standard InChI is InChI=1S/C9H19O.Al.2H/c1-3-5-6-7-8-9(10)4-2;;;/h9H,3-8H2,1-2H3;;;/q-1;+1;;. The molecule has 0 aliphatic rings. The number of rotatable bonds is 7. The summed E-state index contributed by atoms with van der Waals surface area (Å²) in [5.74, 6) is 0. The second-order valence-electron chi connectivity index (χ2n) is 3.12. The molecule has 0 bridgehead atoms. The van der Waals surface area contributed by atoms with Crippen LogP contribution in [0.25, 0.3) is 0 Å². The van der Waals surface area contributed by atoms with Crippen molar-refractivity contribution in [1.82, 2.24) is 0 Å². The van der Waals surface area contributed by atoms with Crippen molar-refractivity contribution < 1.29 is 3.79 Å². The molecule has 2 heteroatoms. The first-order valence-electron chi connectivity index (χ1n) is 4.87. The molecule has 0 spiro atoms. The third-order valence-corrected chi connectivity index (χ3v) is 2.83. The number of hydrogen-bond donors (Lipinski definition) is 0. The van der Waals surface area contributed by atoms with E-state index in [1.807, 2.05) is 0 Å². The molecule has 0 aliphatic heterocycles. The maximum atomic E-state index is 5.42. The molecule has 0 aromatic rings. The molecule has 1 atom stereocenters. The summed E-state index contributed by atoms with van der Waals surface area (Å²) in [7, 11) is 0. The zero-order chi connectivity index (χ0) is 8.53. The highest BCUT2D eigenvalue weighted by atomic mass is 27.1. The second-order valence-corrected chi connectivity index (χ2v) is 3.59. The predicted octanol–water partition coefficient (Wildman–Crippen LogP) is 2.30. The minimum absolute atomic E-state index is 0.568. The second kappa shape index (κ2) is 8.59. The van der Waals surface area contributed by atoms with Gasteiger partial charge < -0.3 is 3.79 Å². The molecule has 0 amide bonds. The first-order valence-corrected chi connectivity index (χ1v) is 5.69. The molecule has 0 aromatic carbocycles. The van der Waals surface area contributed by atoms with Gasteiger partial charge in [0.2, 0.25) is 0 Å². The van der Waals surface area contributed by atoms with Crippen LogP contribution in [0.2, 0.25) is 0 Å². The van der Waals surface area contributed by atoms with Gasteiger partial charge >= 0.3 is 16.6 Å². The largest absolute Gasteiger partial charge is 0.504 e. The Morgan fingerprint density at radius 3 is 2.36 bits per heavy atom. The summed E-state index contributed by atoms with van der Waals surface area (Å²) in [4.78, 5) is 0. The molecule has 0 fully saturated rings. The summed E-state index contributed by atoms with van der Waals surface area (Å²) < 4.78 is 5.42. The van der Waals surface area contributed by atoms with Crippen molar-refractivity contribution in [3.63, 3.8) is 0 Å². The highest BCUT2D eigenvalue weighted by Gasteiger charge is 2.00. The van der Waals surface area contributed by atoms with Crippen molar-refractivity contribution in [1.29, 1.82) is 0 Å². The van der Waals surface area contributed by atoms with Crippen molar-refractivity contribution in [3.8, 4) is 0 Å². The fourth-order valence-corrected chi connectivity index (χ4v) is 1.86. The maximum absolute atomic E-state index is 5.42. The van der Waals surface area contributed by atoms with Gasteiger partial charge in [0.05, 0.1) is 0 Å². The summed E-state index contributed by atoms with van der Waals surface area (Å²) in [6.07, 6.45) is 8.50. The van der Waals surface area contributed by atoms with Crippen LogP contribution in [0.15, 0.2) is 0 Å². The average molecular weight is 172 g/mol. The zero-order valence-corrected chi connectivity index (χ0v) is 10.2. The molecule has 0 saturated heterocycles. The summed E-state index contributed by atoms with van der Waals surface area (Å²) in [6, 6.07) is 0. The van der Waals surface area contributed by atoms with E-state index in [2.05, 4.69) is 13.8 Å². The van der Waals surface area contributed by atoms with Crippen LogP contribution in [0.5, 0.6) is 0 Å². The monoisotopic (exact) mass is 172 g/mol. The molecule has 0 aromatic heterocycles. The Morgan fingerprint density at radius 1 is 1.18 bits per heavy atom. The third-order valence-electron chi connectivity index (χ3n) is 2.17. The van der Waals surface area contributed by atoms with Gasteiger partial charge in [0, 0.05) is 6.10 Å². The minimum Gasteiger partial charge on any atom is -0.504 e. The maximum Gasteiger partial charge on any atom is 0.410 e. The highest BCUT2D eigenvalue weighted by molar-refractivity contribution is 5.98. The lowest BCUT2D eigenvalue weighted by Gasteiger charge is -2.13. The fraction of sp³-hybridized carbons (Fsp3) is 1.00. The van der Waals surface area contributed by atoms with E-state index in [4.69, 9.17) is 3.79 Å². The van der Waals surface area contributed by atoms with E-state index in [1.165, 1.54) is 38.5 Å². The SMILES string of the molecule is CCCCCCC(CC)[O][AlH2]. The molecule has 0 aliphatic carbocycles. The van der Waals surface area contributed by atoms with E-state index in [1.54, 1.807) is 0 Å². The van der Waals surface area contributed by atoms with Gasteiger partial charge in [0.1, 0.15) is 0 Å². The quantitative estimate of drug-likeness (QED) is 0.423. The van der Waals surface area contributed by atoms with E-state index in [0.29, 0.717) is 6.10 Å². The Kier molecular flexibility index (Phi) is 8.97. The van der Waals surface area contributed by atoms with Crippen LogP contribution in [0, 0.1) is 0 Å². The highest BCUT2D eigenvalue weighted by Crippen LogP contribution is 2.09. The number of hydrogen-bond acceptors (Lipinski definition) is 1. The van der Waals surface area contributed by atoms with E-state index in [0.717, 1.165) is 16.6 Å². The fourth-order valence-electron chi connectivity index (χ4n) is 1.29. The molecule has 0 radical (unpaired) electrons. The lowest BCUT2D eigenvalue weighted by atomic mass is 10.1. The van der Waals surface area contributed by atoms with Gasteiger partial charge in [-0.05, 0) is 12.8 Å². The van der Waals surface area contributed by atoms with Crippen LogP contribution in [-0.2, 0) is 3.79 Å². The molecule has 0 heterocycles. The van der Waals surface area contributed by atoms with Crippen LogP contribution in [0.1, 0.15) is 52.4 Å². The summed E-state index contributed by atoms with van der Waals surface area (Å²) in [5.41, 5.74) is 0. The molecule has 66 valence electrons. The minimum atomic E-state index is 0.568. The molecule has 1 nitrogen and oxygen atoms in total. The van der Waals surface area contributed by atoms with Gasteiger partial charge in [-0.2, -0.15) is 0 Å². The van der Waals surface area contributed by atoms with Crippen molar-refractivity contribution in [3.05, 3.63) is 0 Å². The zero-order valence-electron chi connectivity index (χ0n) is 8.23. The van der Waals surface area contributed by atoms with E-state index >= 15 is 0 Å². The van der Waals surface area contributed by atoms with E-state index in [9.17, 15) is 0 Å². The Bertz CT molecular complexity index is 72.0. The Hall–Kier alpha value is 0.492. The van der Waals surface area contributed by atoms with Crippen molar-refractivity contribution in [2.24, 2.45) is 0 Å². The average Bonchev–Trinajstić information content (AvgIpc) is 2.05. The van der Waals surface area contributed by atoms with Crippen LogP contribution in [-0.4, -0.2) is 22.7 Å². The molecule has 0 N–H and O–H groups in total. The van der Waals surface area contributed by atoms with Gasteiger partial charge in [-0.25, -0.2) is 0 Å². The van der Waals surface area contributed by atoms with Gasteiger partial charge in [0.25, 0.3) is 0 Å². The van der Waals surface area contributed by atoms with Crippen LogP contribution < -0.4 is 0 Å². The summed E-state index contributed by atoms with van der Waals surface area (Å²) >= 11 is 0.901. The smallest absolute Gasteiger partial charge is 0.410 e. The molecule has 1 unspecified atom stereocenters. The third kappa shape index (κ3) is 6.87. The lowest BCUT2D eigenvalue weighted by Crippen LogP contribution is -2.08. The molecular weight excluding hydrogens is 151 g/mol. The lowest BCUT2D eigenvalue weighted by molar-refractivity contribution is 0.200. The van der Waals surface area contributed by atoms with Crippen molar-refractivity contribution in [2.45, 2.75) is 58.5 Å². The topological polar surface area (TPSA) is 9.23 Å². The van der Waals surface area contributed by atoms with Gasteiger partial charge in [-0.3, -0.25) is 0 Å². The van der Waals surface area contributed by atoms with Crippen LogP contribution >= 0.6 is 0 Å². The van der Waals surface area contributed by atoms with E-state index < -0.39 is 0 Å². The van der Waals surface area contributed by atoms with Gasteiger partial charge in [0.15, 0.2) is 0 Å². The first kappa shape index (κ1) is 11.5. The number of unbranched alkanes of at least 4 members (excludes halogenated alkanes) is 3. The molecular formula is C9H21AlO. The molecule has 0 rings (SSSR count). The van der Waals surface area contributed by atoms with Gasteiger partial charge in [-0.15, -0.1) is 0 Å². The predicted molar refractivity (Wildman–Crippen MR) is 52.5 cm³/mol. The Morgan fingerprint density at radius 2 is 1.91 bits per heavy atom. The summed E-state index contributed by atoms with van der Waals surface area (Å²) in [6.45, 7) is 4.46. The normalized spacial score (nSPS) is 13.3.